The van der Waals surface area contributed by atoms with Gasteiger partial charge in [-0.1, -0.05) is 0 Å². The fraction of sp³-hybridized carbons (Fsp3) is 0.320. The SMILES string of the molecule is COc1cc(N(C)CCCN(C)C)c([N+](=O)[O-])cc1Nc1nccc(-c2nc3c(F)cc(F)cc3n2C)n1. The van der Waals surface area contributed by atoms with E-state index in [1.54, 1.807) is 26.2 Å². The van der Waals surface area contributed by atoms with Crippen LogP contribution < -0.4 is 15.0 Å². The van der Waals surface area contributed by atoms with Gasteiger partial charge in [0.05, 0.1) is 23.2 Å². The lowest BCUT2D eigenvalue weighted by Crippen LogP contribution is -2.24. The molecule has 0 aliphatic heterocycles. The smallest absolute Gasteiger partial charge is 0.294 e. The second-order valence-electron chi connectivity index (χ2n) is 9.02. The Labute approximate surface area is 217 Å². The maximum absolute atomic E-state index is 14.3. The van der Waals surface area contributed by atoms with Gasteiger partial charge in [0, 0.05) is 45.0 Å². The number of nitrogens with one attached hydrogen (secondary N) is 1. The average molecular weight is 527 g/mol. The molecular formula is C25H28F2N8O3. The van der Waals surface area contributed by atoms with Crippen LogP contribution in [0.15, 0.2) is 36.5 Å². The van der Waals surface area contributed by atoms with Crippen molar-refractivity contribution < 1.29 is 18.4 Å². The van der Waals surface area contributed by atoms with Gasteiger partial charge in [-0.05, 0) is 39.2 Å². The zero-order valence-electron chi connectivity index (χ0n) is 21.7. The number of aryl methyl sites for hydroxylation is 1. The summed E-state index contributed by atoms with van der Waals surface area (Å²) in [7, 11) is 8.82. The number of nitrogens with zero attached hydrogens (tertiary/aromatic N) is 7. The van der Waals surface area contributed by atoms with Crippen molar-refractivity contribution in [1.82, 2.24) is 24.4 Å². The maximum Gasteiger partial charge on any atom is 0.294 e. The molecule has 0 fully saturated rings. The van der Waals surface area contributed by atoms with Gasteiger partial charge in [0.25, 0.3) is 5.69 Å². The highest BCUT2D eigenvalue weighted by molar-refractivity contribution is 5.81. The fourth-order valence-corrected chi connectivity index (χ4v) is 4.13. The van der Waals surface area contributed by atoms with E-state index >= 15 is 0 Å². The van der Waals surface area contributed by atoms with Crippen LogP contribution in [0.2, 0.25) is 0 Å². The third-order valence-electron chi connectivity index (χ3n) is 6.04. The topological polar surface area (TPSA) is 114 Å². The van der Waals surface area contributed by atoms with E-state index in [2.05, 4.69) is 20.3 Å². The predicted molar refractivity (Wildman–Crippen MR) is 141 cm³/mol. The first-order valence-corrected chi connectivity index (χ1v) is 11.7. The van der Waals surface area contributed by atoms with Crippen molar-refractivity contribution in [3.05, 3.63) is 58.3 Å². The van der Waals surface area contributed by atoms with Gasteiger partial charge in [-0.15, -0.1) is 0 Å². The first kappa shape index (κ1) is 26.7. The molecule has 2 aromatic heterocycles. The predicted octanol–water partition coefficient (Wildman–Crippen LogP) is 4.36. The van der Waals surface area contributed by atoms with Gasteiger partial charge in [-0.3, -0.25) is 10.1 Å². The number of fused-ring (bicyclic) bond motifs is 1. The van der Waals surface area contributed by atoms with E-state index < -0.39 is 16.6 Å². The van der Waals surface area contributed by atoms with Crippen LogP contribution in [0.25, 0.3) is 22.6 Å². The van der Waals surface area contributed by atoms with Gasteiger partial charge >= 0.3 is 0 Å². The van der Waals surface area contributed by atoms with Crippen LogP contribution in [0, 0.1) is 21.7 Å². The molecule has 0 bridgehead atoms. The molecule has 11 nitrogen and oxygen atoms in total. The van der Waals surface area contributed by atoms with Crippen molar-refractivity contribution in [3.8, 4) is 17.3 Å². The first-order valence-electron chi connectivity index (χ1n) is 11.7. The molecule has 4 aromatic rings. The van der Waals surface area contributed by atoms with Gasteiger partial charge in [0.1, 0.15) is 28.5 Å². The minimum absolute atomic E-state index is 0.0135. The monoisotopic (exact) mass is 526 g/mol. The minimum Gasteiger partial charge on any atom is -0.494 e. The average Bonchev–Trinajstić information content (AvgIpc) is 3.20. The van der Waals surface area contributed by atoms with Crippen LogP contribution in [0.5, 0.6) is 5.75 Å². The molecule has 200 valence electrons. The Morgan fingerprint density at radius 1 is 1.13 bits per heavy atom. The number of rotatable bonds is 10. The van der Waals surface area contributed by atoms with E-state index in [1.165, 1.54) is 30.0 Å². The van der Waals surface area contributed by atoms with E-state index in [9.17, 15) is 18.9 Å². The highest BCUT2D eigenvalue weighted by Gasteiger charge is 2.23. The fourth-order valence-electron chi connectivity index (χ4n) is 4.13. The third-order valence-corrected chi connectivity index (χ3v) is 6.04. The molecule has 0 radical (unpaired) electrons. The van der Waals surface area contributed by atoms with Crippen LogP contribution in [-0.4, -0.2) is 70.7 Å². The third kappa shape index (κ3) is 5.47. The summed E-state index contributed by atoms with van der Waals surface area (Å²) in [6.07, 6.45) is 2.29. The highest BCUT2D eigenvalue weighted by Crippen LogP contribution is 2.39. The first-order chi connectivity index (χ1) is 18.1. The summed E-state index contributed by atoms with van der Waals surface area (Å²) in [5.74, 6) is -0.726. The van der Waals surface area contributed by atoms with Gasteiger partial charge < -0.3 is 24.4 Å². The zero-order chi connectivity index (χ0) is 27.6. The normalized spacial score (nSPS) is 11.3. The Morgan fingerprint density at radius 3 is 2.58 bits per heavy atom. The van der Waals surface area contributed by atoms with Crippen LogP contribution in [0.4, 0.5) is 31.8 Å². The summed E-state index contributed by atoms with van der Waals surface area (Å²) in [6, 6.07) is 6.52. The van der Waals surface area contributed by atoms with E-state index in [0.29, 0.717) is 35.2 Å². The molecule has 38 heavy (non-hydrogen) atoms. The number of hydrogen-bond acceptors (Lipinski definition) is 9. The molecular weight excluding hydrogens is 498 g/mol. The minimum atomic E-state index is -0.780. The lowest BCUT2D eigenvalue weighted by atomic mass is 10.2. The number of methoxy groups -OCH3 is 1. The molecule has 0 saturated carbocycles. The molecule has 4 rings (SSSR count). The molecule has 1 N–H and O–H groups in total. The lowest BCUT2D eigenvalue weighted by Gasteiger charge is -2.22. The van der Waals surface area contributed by atoms with Crippen LogP contribution in [0.1, 0.15) is 6.42 Å². The van der Waals surface area contributed by atoms with Crippen molar-refractivity contribution in [2.75, 3.05) is 51.6 Å². The van der Waals surface area contributed by atoms with Crippen molar-refractivity contribution >= 4 is 34.0 Å². The van der Waals surface area contributed by atoms with Crippen LogP contribution >= 0.6 is 0 Å². The molecule has 0 unspecified atom stereocenters. The number of nitro groups is 1. The quantitative estimate of drug-likeness (QED) is 0.238. The highest BCUT2D eigenvalue weighted by atomic mass is 19.1. The molecule has 0 saturated heterocycles. The molecule has 2 heterocycles. The van der Waals surface area contributed by atoms with Gasteiger partial charge in [0.15, 0.2) is 11.6 Å². The maximum atomic E-state index is 14.3. The number of imidazole rings is 1. The standard InChI is InChI=1S/C25H28F2N8O3/c1-32(2)9-6-10-33(3)19-14-22(38-5)18(13-20(19)35(36)37)30-25-28-8-7-17(29-25)24-31-23-16(27)11-15(26)12-21(23)34(24)4/h7-8,11-14H,6,9-10H2,1-5H3,(H,28,29,30). The number of nitro benzene ring substituents is 1. The van der Waals surface area contributed by atoms with Crippen molar-refractivity contribution in [2.24, 2.45) is 7.05 Å². The molecule has 2 aromatic carbocycles. The Balaban J connectivity index is 1.68. The Hall–Kier alpha value is -4.39. The summed E-state index contributed by atoms with van der Waals surface area (Å²) >= 11 is 0. The number of hydrogen-bond donors (Lipinski definition) is 1. The summed E-state index contributed by atoms with van der Waals surface area (Å²) in [4.78, 5) is 28.3. The van der Waals surface area contributed by atoms with Gasteiger partial charge in [-0.2, -0.15) is 0 Å². The summed E-state index contributed by atoms with van der Waals surface area (Å²) < 4.78 is 35.1. The summed E-state index contributed by atoms with van der Waals surface area (Å²) in [5, 5.41) is 14.9. The van der Waals surface area contributed by atoms with Crippen LogP contribution in [0.3, 0.4) is 0 Å². The second kappa shape index (κ2) is 10.9. The Kier molecular flexibility index (Phi) is 7.67. The summed E-state index contributed by atoms with van der Waals surface area (Å²) in [6.45, 7) is 1.46. The summed E-state index contributed by atoms with van der Waals surface area (Å²) in [5.41, 5.74) is 1.23. The number of aromatic nitrogens is 4. The number of benzene rings is 2. The Bertz CT molecular complexity index is 1490. The van der Waals surface area contributed by atoms with E-state index in [4.69, 9.17) is 4.74 Å². The number of ether oxygens (including phenoxy) is 1. The molecule has 0 spiro atoms. The number of halogens is 2. The van der Waals surface area contributed by atoms with Crippen molar-refractivity contribution in [3.63, 3.8) is 0 Å². The van der Waals surface area contributed by atoms with Crippen LogP contribution in [-0.2, 0) is 7.05 Å². The van der Waals surface area contributed by atoms with Gasteiger partial charge in [-0.25, -0.2) is 23.7 Å². The molecule has 0 aliphatic carbocycles. The second-order valence-corrected chi connectivity index (χ2v) is 9.02. The molecule has 0 amide bonds. The largest absolute Gasteiger partial charge is 0.494 e. The Morgan fingerprint density at radius 2 is 1.89 bits per heavy atom. The lowest BCUT2D eigenvalue weighted by molar-refractivity contribution is -0.384. The van der Waals surface area contributed by atoms with Gasteiger partial charge in [0.2, 0.25) is 5.95 Å². The molecule has 0 atom stereocenters. The van der Waals surface area contributed by atoms with E-state index in [-0.39, 0.29) is 22.7 Å². The van der Waals surface area contributed by atoms with Crippen molar-refractivity contribution in [2.45, 2.75) is 6.42 Å². The zero-order valence-corrected chi connectivity index (χ0v) is 21.7. The number of anilines is 3. The van der Waals surface area contributed by atoms with E-state index in [0.717, 1.165) is 19.0 Å². The van der Waals surface area contributed by atoms with E-state index in [1.807, 2.05) is 23.9 Å². The molecule has 13 heteroatoms. The van der Waals surface area contributed by atoms with Crippen molar-refractivity contribution in [1.29, 1.82) is 0 Å². The molecule has 0 aliphatic rings.